The molecule has 0 bridgehead atoms. The van der Waals surface area contributed by atoms with Crippen LogP contribution in [0.1, 0.15) is 57.6 Å². The third-order valence-electron chi connectivity index (χ3n) is 6.64. The van der Waals surface area contributed by atoms with Gasteiger partial charge in [-0.2, -0.15) is 0 Å². The largest absolute Gasteiger partial charge is 0.414 e. The van der Waals surface area contributed by atoms with E-state index in [-0.39, 0.29) is 6.10 Å². The van der Waals surface area contributed by atoms with Crippen molar-refractivity contribution >= 4 is 8.32 Å². The number of aliphatic hydroxyl groups excluding tert-OH is 2. The quantitative estimate of drug-likeness (QED) is 0.326. The highest BCUT2D eigenvalue weighted by Gasteiger charge is 2.32. The van der Waals surface area contributed by atoms with Crippen LogP contribution in [0.5, 0.6) is 0 Å². The van der Waals surface area contributed by atoms with Crippen molar-refractivity contribution in [3.05, 3.63) is 71.8 Å². The molecule has 0 aromatic heterocycles. The van der Waals surface area contributed by atoms with Crippen LogP contribution in [0.4, 0.5) is 0 Å². The maximum Gasteiger partial charge on any atom is 0.192 e. The number of benzene rings is 2. The predicted octanol–water partition coefficient (Wildman–Crippen LogP) is 6.14. The number of aliphatic hydroxyl groups is 2. The van der Waals surface area contributed by atoms with Crippen LogP contribution < -0.4 is 0 Å². The van der Waals surface area contributed by atoms with Gasteiger partial charge in [-0.15, -0.1) is 0 Å². The Bertz CT molecular complexity index is 695. The van der Waals surface area contributed by atoms with Gasteiger partial charge in [0.15, 0.2) is 8.32 Å². The van der Waals surface area contributed by atoms with Crippen molar-refractivity contribution in [1.82, 2.24) is 0 Å². The van der Waals surface area contributed by atoms with Crippen molar-refractivity contribution in [3.8, 4) is 0 Å². The third kappa shape index (κ3) is 9.28. The number of hydrogen-bond donors (Lipinski definition) is 2. The van der Waals surface area contributed by atoms with Gasteiger partial charge in [-0.05, 0) is 67.8 Å². The molecule has 2 aromatic rings. The summed E-state index contributed by atoms with van der Waals surface area (Å²) in [7, 11) is -1.76. The van der Waals surface area contributed by atoms with Crippen LogP contribution in [-0.4, -0.2) is 36.8 Å². The van der Waals surface area contributed by atoms with Gasteiger partial charge in [-0.1, -0.05) is 81.4 Å². The number of hydrogen-bond acceptors (Lipinski definition) is 3. The summed E-state index contributed by atoms with van der Waals surface area (Å²) < 4.78 is 6.79. The molecule has 0 aliphatic heterocycles. The fourth-order valence-corrected chi connectivity index (χ4v) is 7.28. The summed E-state index contributed by atoms with van der Waals surface area (Å²) >= 11 is 0. The van der Waals surface area contributed by atoms with E-state index in [1.807, 2.05) is 24.3 Å². The van der Waals surface area contributed by atoms with Crippen molar-refractivity contribution in [3.63, 3.8) is 0 Å². The maximum absolute atomic E-state index is 10.8. The normalized spacial score (nSPS) is 14.9. The molecule has 3 nitrogen and oxygen atoms in total. The Balaban J connectivity index is 1.92. The molecule has 3 atom stereocenters. The first-order valence-corrected chi connectivity index (χ1v) is 14.6. The summed E-state index contributed by atoms with van der Waals surface area (Å²) in [5.74, 6) is 0. The summed E-state index contributed by atoms with van der Waals surface area (Å²) in [4.78, 5) is 0. The molecule has 0 saturated heterocycles. The monoisotopic (exact) mass is 442 g/mol. The van der Waals surface area contributed by atoms with Crippen LogP contribution in [0.2, 0.25) is 18.1 Å². The van der Waals surface area contributed by atoms with Crippen LogP contribution in [-0.2, 0) is 17.3 Å². The highest BCUT2D eigenvalue weighted by atomic mass is 28.4. The van der Waals surface area contributed by atoms with Crippen LogP contribution in [0.25, 0.3) is 0 Å². The van der Waals surface area contributed by atoms with Gasteiger partial charge in [-0.3, -0.25) is 0 Å². The van der Waals surface area contributed by atoms with E-state index in [1.54, 1.807) is 0 Å². The minimum atomic E-state index is -1.76. The summed E-state index contributed by atoms with van der Waals surface area (Å²) in [6, 6.07) is 24.1. The highest BCUT2D eigenvalue weighted by Crippen LogP contribution is 2.27. The average molecular weight is 443 g/mol. The van der Waals surface area contributed by atoms with E-state index in [9.17, 15) is 10.2 Å². The molecule has 31 heavy (non-hydrogen) atoms. The van der Waals surface area contributed by atoms with Crippen LogP contribution in [0, 0.1) is 0 Å². The molecule has 0 saturated carbocycles. The molecule has 0 amide bonds. The topological polar surface area (TPSA) is 49.7 Å². The zero-order valence-corrected chi connectivity index (χ0v) is 20.7. The van der Waals surface area contributed by atoms with E-state index < -0.39 is 20.5 Å². The van der Waals surface area contributed by atoms with Crippen molar-refractivity contribution in [2.75, 3.05) is 0 Å². The molecule has 0 fully saturated rings. The van der Waals surface area contributed by atoms with Gasteiger partial charge >= 0.3 is 0 Å². The molecule has 0 unspecified atom stereocenters. The second kappa shape index (κ2) is 13.8. The summed E-state index contributed by atoms with van der Waals surface area (Å²) in [5.41, 5.74) is 2.54. The Morgan fingerprint density at radius 3 is 1.65 bits per heavy atom. The lowest BCUT2D eigenvalue weighted by atomic mass is 9.98. The lowest BCUT2D eigenvalue weighted by Crippen LogP contribution is -2.41. The van der Waals surface area contributed by atoms with Gasteiger partial charge in [0.25, 0.3) is 0 Å². The second-order valence-electron chi connectivity index (χ2n) is 8.81. The van der Waals surface area contributed by atoms with E-state index in [4.69, 9.17) is 4.43 Å². The zero-order chi connectivity index (χ0) is 22.5. The van der Waals surface area contributed by atoms with E-state index in [1.165, 1.54) is 11.1 Å². The molecular formula is C27H42O3Si. The van der Waals surface area contributed by atoms with Crippen molar-refractivity contribution in [2.45, 2.75) is 95.7 Å². The minimum Gasteiger partial charge on any atom is -0.414 e. The fraction of sp³-hybridized carbons (Fsp3) is 0.556. The standard InChI is InChI=1S/C27H42O3Si/c1-4-31(5-2,6-3)30-27(20-18-24-15-11-8-12-16-24)22-26(29)21-25(28)19-17-23-13-9-7-10-14-23/h7-16,25-29H,4-6,17-22H2,1-3H3/t25-,26-,27+/m0/s1. The van der Waals surface area contributed by atoms with Gasteiger partial charge < -0.3 is 14.6 Å². The highest BCUT2D eigenvalue weighted by molar-refractivity contribution is 6.73. The van der Waals surface area contributed by atoms with E-state index >= 15 is 0 Å². The zero-order valence-electron chi connectivity index (χ0n) is 19.7. The van der Waals surface area contributed by atoms with Crippen molar-refractivity contribution < 1.29 is 14.6 Å². The predicted molar refractivity (Wildman–Crippen MR) is 133 cm³/mol. The van der Waals surface area contributed by atoms with Crippen LogP contribution in [0.15, 0.2) is 60.7 Å². The Kier molecular flexibility index (Phi) is 11.5. The smallest absolute Gasteiger partial charge is 0.192 e. The van der Waals surface area contributed by atoms with Gasteiger partial charge in [0.05, 0.1) is 12.2 Å². The second-order valence-corrected chi connectivity index (χ2v) is 13.5. The number of aryl methyl sites for hydroxylation is 2. The minimum absolute atomic E-state index is 0.0445. The van der Waals surface area contributed by atoms with E-state index in [2.05, 4.69) is 57.2 Å². The Labute approximate surface area is 190 Å². The third-order valence-corrected chi connectivity index (χ3v) is 11.3. The maximum atomic E-state index is 10.8. The molecular weight excluding hydrogens is 400 g/mol. The van der Waals surface area contributed by atoms with E-state index in [0.29, 0.717) is 19.3 Å². The molecule has 2 aromatic carbocycles. The Morgan fingerprint density at radius 2 is 1.16 bits per heavy atom. The molecule has 0 radical (unpaired) electrons. The number of rotatable bonds is 15. The SMILES string of the molecule is CC[Si](CC)(CC)O[C@H](CCc1ccccc1)C[C@@H](O)C[C@@H](O)CCc1ccccc1. The summed E-state index contributed by atoms with van der Waals surface area (Å²) in [6.07, 6.45) is 3.41. The van der Waals surface area contributed by atoms with Gasteiger partial charge in [0.1, 0.15) is 0 Å². The molecule has 172 valence electrons. The lowest BCUT2D eigenvalue weighted by Gasteiger charge is -2.34. The molecule has 2 N–H and O–H groups in total. The first kappa shape index (κ1) is 25.8. The molecule has 2 rings (SSSR count). The average Bonchev–Trinajstić information content (AvgIpc) is 2.81. The van der Waals surface area contributed by atoms with Gasteiger partial charge in [-0.25, -0.2) is 0 Å². The summed E-state index contributed by atoms with van der Waals surface area (Å²) in [5, 5.41) is 21.3. The molecule has 0 aliphatic carbocycles. The van der Waals surface area contributed by atoms with E-state index in [0.717, 1.165) is 37.4 Å². The van der Waals surface area contributed by atoms with Crippen molar-refractivity contribution in [2.24, 2.45) is 0 Å². The van der Waals surface area contributed by atoms with Gasteiger partial charge in [0, 0.05) is 6.10 Å². The molecule has 0 heterocycles. The molecule has 4 heteroatoms. The lowest BCUT2D eigenvalue weighted by molar-refractivity contribution is 0.0392. The Morgan fingerprint density at radius 1 is 0.677 bits per heavy atom. The van der Waals surface area contributed by atoms with Gasteiger partial charge in [0.2, 0.25) is 0 Å². The molecule has 0 aliphatic rings. The Hall–Kier alpha value is -1.46. The van der Waals surface area contributed by atoms with Crippen molar-refractivity contribution in [1.29, 1.82) is 0 Å². The first-order chi connectivity index (χ1) is 15.0. The van der Waals surface area contributed by atoms with Crippen LogP contribution in [0.3, 0.4) is 0 Å². The first-order valence-electron chi connectivity index (χ1n) is 12.1. The fourth-order valence-electron chi connectivity index (χ4n) is 4.36. The summed E-state index contributed by atoms with van der Waals surface area (Å²) in [6.45, 7) is 6.74. The molecule has 0 spiro atoms. The van der Waals surface area contributed by atoms with Crippen LogP contribution >= 0.6 is 0 Å².